The summed E-state index contributed by atoms with van der Waals surface area (Å²) < 4.78 is 10.8. The second-order valence-electron chi connectivity index (χ2n) is 5.87. The van der Waals surface area contributed by atoms with Gasteiger partial charge in [-0.05, 0) is 44.4 Å². The van der Waals surface area contributed by atoms with E-state index in [-0.39, 0.29) is 11.9 Å². The molecule has 2 atom stereocenters. The summed E-state index contributed by atoms with van der Waals surface area (Å²) >= 11 is 0. The Hall–Kier alpha value is -2.49. The first-order valence-corrected chi connectivity index (χ1v) is 8.23. The molecule has 0 heterocycles. The Bertz CT molecular complexity index is 642. The van der Waals surface area contributed by atoms with Gasteiger partial charge in [0.05, 0.1) is 7.11 Å². The lowest BCUT2D eigenvalue weighted by atomic mass is 10.1. The topological polar surface area (TPSA) is 47.6 Å². The molecule has 0 spiro atoms. The van der Waals surface area contributed by atoms with Gasteiger partial charge in [-0.3, -0.25) is 4.79 Å². The van der Waals surface area contributed by atoms with Crippen molar-refractivity contribution in [1.82, 2.24) is 5.32 Å². The van der Waals surface area contributed by atoms with Gasteiger partial charge in [0.25, 0.3) is 5.91 Å². The van der Waals surface area contributed by atoms with Crippen LogP contribution in [0.15, 0.2) is 54.6 Å². The molecule has 24 heavy (non-hydrogen) atoms. The molecule has 0 radical (unpaired) electrons. The number of methoxy groups -OCH3 is 1. The van der Waals surface area contributed by atoms with Gasteiger partial charge in [-0.2, -0.15) is 0 Å². The molecule has 0 aliphatic heterocycles. The third-order valence-corrected chi connectivity index (χ3v) is 3.82. The first-order valence-electron chi connectivity index (χ1n) is 8.23. The number of hydrogen-bond donors (Lipinski definition) is 1. The number of carbonyl (C=O) groups excluding carboxylic acids is 1. The van der Waals surface area contributed by atoms with Crippen molar-refractivity contribution in [3.8, 4) is 11.5 Å². The fraction of sp³-hybridized carbons (Fsp3) is 0.350. The van der Waals surface area contributed by atoms with Gasteiger partial charge in [0.15, 0.2) is 6.10 Å². The lowest BCUT2D eigenvalue weighted by Gasteiger charge is -2.19. The summed E-state index contributed by atoms with van der Waals surface area (Å²) in [5, 5.41) is 3.00. The Morgan fingerprint density at radius 1 is 1.04 bits per heavy atom. The van der Waals surface area contributed by atoms with Crippen molar-refractivity contribution in [2.24, 2.45) is 0 Å². The molecule has 2 aromatic rings. The highest BCUT2D eigenvalue weighted by Crippen LogP contribution is 2.20. The highest BCUT2D eigenvalue weighted by atomic mass is 16.5. The molecule has 0 aliphatic carbocycles. The lowest BCUT2D eigenvalue weighted by molar-refractivity contribution is -0.127. The van der Waals surface area contributed by atoms with Crippen molar-refractivity contribution in [3.05, 3.63) is 60.2 Å². The van der Waals surface area contributed by atoms with Gasteiger partial charge in [-0.25, -0.2) is 0 Å². The van der Waals surface area contributed by atoms with Crippen LogP contribution in [0.25, 0.3) is 0 Å². The number of carbonyl (C=O) groups is 1. The smallest absolute Gasteiger partial charge is 0.260 e. The molecule has 4 nitrogen and oxygen atoms in total. The Balaban J connectivity index is 1.79. The summed E-state index contributed by atoms with van der Waals surface area (Å²) in [6.07, 6.45) is 1.27. The van der Waals surface area contributed by atoms with Gasteiger partial charge >= 0.3 is 0 Å². The SMILES string of the molecule is COc1cccc(OC(C)C(=O)NC(C)CCc2ccccc2)c1. The molecule has 0 aliphatic rings. The summed E-state index contributed by atoms with van der Waals surface area (Å²) in [5.41, 5.74) is 1.28. The van der Waals surface area contributed by atoms with Crippen molar-refractivity contribution < 1.29 is 14.3 Å². The number of rotatable bonds is 8. The van der Waals surface area contributed by atoms with Gasteiger partial charge in [0.1, 0.15) is 11.5 Å². The zero-order valence-corrected chi connectivity index (χ0v) is 14.5. The lowest BCUT2D eigenvalue weighted by Crippen LogP contribution is -2.41. The first-order chi connectivity index (χ1) is 11.6. The molecule has 0 bridgehead atoms. The van der Waals surface area contributed by atoms with Crippen LogP contribution >= 0.6 is 0 Å². The molecule has 2 rings (SSSR count). The highest BCUT2D eigenvalue weighted by molar-refractivity contribution is 5.81. The average Bonchev–Trinajstić information content (AvgIpc) is 2.61. The monoisotopic (exact) mass is 327 g/mol. The summed E-state index contributed by atoms with van der Waals surface area (Å²) in [4.78, 5) is 12.3. The molecule has 0 saturated carbocycles. The molecule has 0 aromatic heterocycles. The van der Waals surface area contributed by atoms with Gasteiger partial charge in [0, 0.05) is 12.1 Å². The Labute approximate surface area is 143 Å². The van der Waals surface area contributed by atoms with Gasteiger partial charge < -0.3 is 14.8 Å². The van der Waals surface area contributed by atoms with E-state index in [0.717, 1.165) is 12.8 Å². The Morgan fingerprint density at radius 2 is 1.75 bits per heavy atom. The normalized spacial score (nSPS) is 13.0. The number of aryl methyl sites for hydroxylation is 1. The predicted octanol–water partition coefficient (Wildman–Crippen LogP) is 3.60. The number of hydrogen-bond acceptors (Lipinski definition) is 3. The number of ether oxygens (including phenoxy) is 2. The molecule has 0 saturated heterocycles. The average molecular weight is 327 g/mol. The first kappa shape index (κ1) is 17.9. The van der Waals surface area contributed by atoms with Gasteiger partial charge in [-0.1, -0.05) is 36.4 Å². The number of amides is 1. The van der Waals surface area contributed by atoms with E-state index < -0.39 is 6.10 Å². The van der Waals surface area contributed by atoms with E-state index in [4.69, 9.17) is 9.47 Å². The van der Waals surface area contributed by atoms with Crippen molar-refractivity contribution >= 4 is 5.91 Å². The quantitative estimate of drug-likeness (QED) is 0.806. The minimum Gasteiger partial charge on any atom is -0.497 e. The van der Waals surface area contributed by atoms with E-state index >= 15 is 0 Å². The van der Waals surface area contributed by atoms with Crippen LogP contribution in [0.4, 0.5) is 0 Å². The molecule has 2 unspecified atom stereocenters. The van der Waals surface area contributed by atoms with Crippen molar-refractivity contribution in [3.63, 3.8) is 0 Å². The summed E-state index contributed by atoms with van der Waals surface area (Å²) in [6, 6.07) is 17.6. The fourth-order valence-corrected chi connectivity index (χ4v) is 2.39. The summed E-state index contributed by atoms with van der Waals surface area (Å²) in [7, 11) is 1.60. The third kappa shape index (κ3) is 5.61. The molecular formula is C20H25NO3. The minimum atomic E-state index is -0.559. The second kappa shape index (κ2) is 8.96. The zero-order chi connectivity index (χ0) is 17.4. The van der Waals surface area contributed by atoms with Crippen LogP contribution in [0.2, 0.25) is 0 Å². The maximum absolute atomic E-state index is 12.3. The predicted molar refractivity (Wildman–Crippen MR) is 95.5 cm³/mol. The van der Waals surface area contributed by atoms with Crippen LogP contribution in [0.1, 0.15) is 25.8 Å². The highest BCUT2D eigenvalue weighted by Gasteiger charge is 2.17. The Morgan fingerprint density at radius 3 is 2.46 bits per heavy atom. The van der Waals surface area contributed by atoms with Crippen molar-refractivity contribution in [2.75, 3.05) is 7.11 Å². The second-order valence-corrected chi connectivity index (χ2v) is 5.87. The van der Waals surface area contributed by atoms with Crippen molar-refractivity contribution in [1.29, 1.82) is 0 Å². The molecular weight excluding hydrogens is 302 g/mol. The van der Waals surface area contributed by atoms with Gasteiger partial charge in [-0.15, -0.1) is 0 Å². The van der Waals surface area contributed by atoms with E-state index in [1.165, 1.54) is 5.56 Å². The summed E-state index contributed by atoms with van der Waals surface area (Å²) in [6.45, 7) is 3.76. The number of nitrogens with one attached hydrogen (secondary N) is 1. The van der Waals surface area contributed by atoms with Crippen LogP contribution in [-0.4, -0.2) is 25.2 Å². The molecule has 1 N–H and O–H groups in total. The van der Waals surface area contributed by atoms with Crippen molar-refractivity contribution in [2.45, 2.75) is 38.8 Å². The molecule has 2 aromatic carbocycles. The van der Waals surface area contributed by atoms with Crippen LogP contribution in [0, 0.1) is 0 Å². The molecule has 1 amide bonds. The Kier molecular flexibility index (Phi) is 6.67. The number of benzene rings is 2. The molecule has 128 valence electrons. The molecule has 4 heteroatoms. The van der Waals surface area contributed by atoms with E-state index in [0.29, 0.717) is 11.5 Å². The van der Waals surface area contributed by atoms with Crippen LogP contribution in [0.5, 0.6) is 11.5 Å². The fourth-order valence-electron chi connectivity index (χ4n) is 2.39. The van der Waals surface area contributed by atoms with Crippen LogP contribution in [-0.2, 0) is 11.2 Å². The van der Waals surface area contributed by atoms with Gasteiger partial charge in [0.2, 0.25) is 0 Å². The third-order valence-electron chi connectivity index (χ3n) is 3.82. The van der Waals surface area contributed by atoms with E-state index in [1.807, 2.05) is 43.3 Å². The summed E-state index contributed by atoms with van der Waals surface area (Å²) in [5.74, 6) is 1.21. The van der Waals surface area contributed by atoms with Crippen LogP contribution < -0.4 is 14.8 Å². The minimum absolute atomic E-state index is 0.0917. The van der Waals surface area contributed by atoms with E-state index in [1.54, 1.807) is 20.1 Å². The largest absolute Gasteiger partial charge is 0.497 e. The van der Waals surface area contributed by atoms with Crippen LogP contribution in [0.3, 0.4) is 0 Å². The molecule has 0 fully saturated rings. The van der Waals surface area contributed by atoms with E-state index in [9.17, 15) is 4.79 Å². The van der Waals surface area contributed by atoms with E-state index in [2.05, 4.69) is 17.4 Å². The maximum Gasteiger partial charge on any atom is 0.260 e. The zero-order valence-electron chi connectivity index (χ0n) is 14.5. The standard InChI is InChI=1S/C20H25NO3/c1-15(12-13-17-8-5-4-6-9-17)21-20(22)16(2)24-19-11-7-10-18(14-19)23-3/h4-11,14-16H,12-13H2,1-3H3,(H,21,22). The maximum atomic E-state index is 12.3.